The molecular formula is C56H47BN2O4. The Morgan fingerprint density at radius 2 is 1.13 bits per heavy atom. The van der Waals surface area contributed by atoms with Crippen LogP contribution in [-0.4, -0.2) is 19.9 Å². The lowest BCUT2D eigenvalue weighted by atomic mass is 9.33. The third-order valence-electron chi connectivity index (χ3n) is 13.2. The molecule has 0 fully saturated rings. The highest BCUT2D eigenvalue weighted by molar-refractivity contribution is 7.00. The molecule has 3 aliphatic rings. The summed E-state index contributed by atoms with van der Waals surface area (Å²) >= 11 is 0. The van der Waals surface area contributed by atoms with Crippen LogP contribution in [0.25, 0.3) is 44.6 Å². The summed E-state index contributed by atoms with van der Waals surface area (Å²) in [5.41, 5.74) is 19.1. The fourth-order valence-corrected chi connectivity index (χ4v) is 10.2. The maximum atomic E-state index is 6.54. The van der Waals surface area contributed by atoms with E-state index in [2.05, 4.69) is 167 Å². The summed E-state index contributed by atoms with van der Waals surface area (Å²) in [7, 11) is 0. The van der Waals surface area contributed by atoms with Crippen LogP contribution in [0.4, 0.5) is 34.1 Å². The second-order valence-corrected chi connectivity index (χ2v) is 18.6. The van der Waals surface area contributed by atoms with Gasteiger partial charge >= 0.3 is 0 Å². The number of furan rings is 2. The molecular weight excluding hydrogens is 775 g/mol. The molecule has 308 valence electrons. The molecule has 7 aromatic carbocycles. The van der Waals surface area contributed by atoms with Gasteiger partial charge in [-0.05, 0) is 125 Å². The quantitative estimate of drug-likeness (QED) is 0.165. The van der Waals surface area contributed by atoms with E-state index in [4.69, 9.17) is 18.3 Å². The Morgan fingerprint density at radius 1 is 0.524 bits per heavy atom. The summed E-state index contributed by atoms with van der Waals surface area (Å²) in [6.45, 7) is 14.7. The molecule has 2 aromatic heterocycles. The maximum absolute atomic E-state index is 6.54. The zero-order valence-corrected chi connectivity index (χ0v) is 36.5. The molecule has 7 heteroatoms. The van der Waals surface area contributed by atoms with Crippen LogP contribution in [0.15, 0.2) is 148 Å². The van der Waals surface area contributed by atoms with Gasteiger partial charge in [0, 0.05) is 62.8 Å². The van der Waals surface area contributed by atoms with E-state index in [-0.39, 0.29) is 12.1 Å². The molecule has 12 rings (SSSR count). The summed E-state index contributed by atoms with van der Waals surface area (Å²) in [5.74, 6) is 3.25. The smallest absolute Gasteiger partial charge is 0.252 e. The van der Waals surface area contributed by atoms with Crippen molar-refractivity contribution in [2.75, 3.05) is 23.0 Å². The van der Waals surface area contributed by atoms with Gasteiger partial charge in [-0.15, -0.1) is 0 Å². The predicted octanol–water partition coefficient (Wildman–Crippen LogP) is 13.0. The predicted molar refractivity (Wildman–Crippen MR) is 259 cm³/mol. The van der Waals surface area contributed by atoms with Gasteiger partial charge in [-0.2, -0.15) is 0 Å². The average Bonchev–Trinajstić information content (AvgIpc) is 3.84. The number of benzene rings is 7. The Labute approximate surface area is 368 Å². The van der Waals surface area contributed by atoms with Crippen molar-refractivity contribution in [2.24, 2.45) is 0 Å². The molecule has 0 N–H and O–H groups in total. The number of aryl methyl sites for hydroxylation is 3. The van der Waals surface area contributed by atoms with Crippen molar-refractivity contribution >= 4 is 79.2 Å². The van der Waals surface area contributed by atoms with Gasteiger partial charge in [0.25, 0.3) is 6.71 Å². The van der Waals surface area contributed by atoms with E-state index < -0.39 is 0 Å². The Bertz CT molecular complexity index is 3240. The molecule has 0 saturated heterocycles. The van der Waals surface area contributed by atoms with E-state index in [0.717, 1.165) is 90.9 Å². The minimum atomic E-state index is -0.108. The van der Waals surface area contributed by atoms with Crippen molar-refractivity contribution in [1.82, 2.24) is 0 Å². The minimum Gasteiger partial charge on any atom is -0.490 e. The summed E-state index contributed by atoms with van der Waals surface area (Å²) in [5, 5.41) is 2.16. The minimum absolute atomic E-state index is 0.00625. The number of anilines is 6. The summed E-state index contributed by atoms with van der Waals surface area (Å²) in [6.07, 6.45) is 0.831. The largest absolute Gasteiger partial charge is 0.490 e. The van der Waals surface area contributed by atoms with Crippen LogP contribution in [0.3, 0.4) is 0 Å². The first-order chi connectivity index (χ1) is 30.6. The molecule has 5 heterocycles. The zero-order valence-electron chi connectivity index (χ0n) is 36.5. The highest BCUT2D eigenvalue weighted by Gasteiger charge is 2.45. The number of rotatable bonds is 4. The number of hydrogen-bond donors (Lipinski definition) is 0. The first-order valence-corrected chi connectivity index (χ1v) is 22.1. The third kappa shape index (κ3) is 6.00. The SMILES string of the molecule is Cc1cc2c3c(c1)N(c1c(C)cc(C(C)(C)C)cc1C)c1cc4c(cc1B3c1ccc(-c3cc5ccccc5o3)cc1N2c1cccc(-c2cc3ccccc3o2)c1)OCCCO4. The van der Waals surface area contributed by atoms with Crippen molar-refractivity contribution in [3.8, 4) is 34.1 Å². The second-order valence-electron chi connectivity index (χ2n) is 18.6. The fourth-order valence-electron chi connectivity index (χ4n) is 10.2. The zero-order chi connectivity index (χ0) is 42.7. The average molecular weight is 823 g/mol. The third-order valence-corrected chi connectivity index (χ3v) is 13.2. The van der Waals surface area contributed by atoms with Crippen molar-refractivity contribution in [2.45, 2.75) is 53.4 Å². The lowest BCUT2D eigenvalue weighted by Gasteiger charge is -2.45. The van der Waals surface area contributed by atoms with Crippen LogP contribution in [0, 0.1) is 20.8 Å². The van der Waals surface area contributed by atoms with Crippen molar-refractivity contribution in [3.05, 3.63) is 162 Å². The maximum Gasteiger partial charge on any atom is 0.252 e. The molecule has 0 atom stereocenters. The molecule has 3 aliphatic heterocycles. The summed E-state index contributed by atoms with van der Waals surface area (Å²) < 4.78 is 26.0. The molecule has 6 nitrogen and oxygen atoms in total. The molecule has 0 aliphatic carbocycles. The number of fused-ring (bicyclic) bond motifs is 7. The van der Waals surface area contributed by atoms with Crippen molar-refractivity contribution < 1.29 is 18.3 Å². The van der Waals surface area contributed by atoms with Gasteiger partial charge in [-0.1, -0.05) is 93.6 Å². The molecule has 0 spiro atoms. The van der Waals surface area contributed by atoms with Gasteiger partial charge in [-0.3, -0.25) is 0 Å². The highest BCUT2D eigenvalue weighted by atomic mass is 16.5. The van der Waals surface area contributed by atoms with Crippen LogP contribution in [0.2, 0.25) is 0 Å². The number of para-hydroxylation sites is 2. The van der Waals surface area contributed by atoms with Gasteiger partial charge in [0.05, 0.1) is 18.9 Å². The van der Waals surface area contributed by atoms with Gasteiger partial charge in [-0.25, -0.2) is 0 Å². The normalized spacial score (nSPS) is 14.2. The molecule has 0 radical (unpaired) electrons. The van der Waals surface area contributed by atoms with Crippen LogP contribution in [-0.2, 0) is 5.41 Å². The van der Waals surface area contributed by atoms with E-state index >= 15 is 0 Å². The highest BCUT2D eigenvalue weighted by Crippen LogP contribution is 2.49. The van der Waals surface area contributed by atoms with Crippen LogP contribution < -0.4 is 35.7 Å². The van der Waals surface area contributed by atoms with E-state index in [1.54, 1.807) is 0 Å². The topological polar surface area (TPSA) is 51.2 Å². The molecule has 0 amide bonds. The lowest BCUT2D eigenvalue weighted by Crippen LogP contribution is -2.61. The number of ether oxygens (including phenoxy) is 2. The van der Waals surface area contributed by atoms with Gasteiger partial charge < -0.3 is 28.1 Å². The van der Waals surface area contributed by atoms with E-state index in [1.807, 2.05) is 24.3 Å². The van der Waals surface area contributed by atoms with Crippen LogP contribution in [0.5, 0.6) is 11.5 Å². The lowest BCUT2D eigenvalue weighted by molar-refractivity contribution is 0.297. The molecule has 63 heavy (non-hydrogen) atoms. The van der Waals surface area contributed by atoms with E-state index in [1.165, 1.54) is 44.3 Å². The summed E-state index contributed by atoms with van der Waals surface area (Å²) in [4.78, 5) is 4.98. The van der Waals surface area contributed by atoms with E-state index in [0.29, 0.717) is 13.2 Å². The summed E-state index contributed by atoms with van der Waals surface area (Å²) in [6, 6.07) is 50.4. The second kappa shape index (κ2) is 13.9. The molecule has 0 saturated carbocycles. The van der Waals surface area contributed by atoms with Gasteiger partial charge in [0.15, 0.2) is 11.5 Å². The Balaban J connectivity index is 1.14. The first kappa shape index (κ1) is 37.6. The Hall–Kier alpha value is -7.12. The monoisotopic (exact) mass is 822 g/mol. The van der Waals surface area contributed by atoms with Gasteiger partial charge in [0.2, 0.25) is 0 Å². The first-order valence-electron chi connectivity index (χ1n) is 22.1. The molecule has 9 aromatic rings. The number of hydrogen-bond acceptors (Lipinski definition) is 6. The Kier molecular flexibility index (Phi) is 8.33. The standard InChI is InChI=1S/C56H47BN2O4/c1-33-23-46-54-47(24-33)59(55-34(2)25-40(26-35(55)3)56(4,5)6)45-32-53-52(60-21-12-22-61-53)31-43(45)57(54)42-20-19-39(51-30-38-14-8-10-18-49(38)63-51)28-44(42)58(46)41-16-11-15-36(27-41)50-29-37-13-7-9-17-48(37)62-50/h7-11,13-20,23-32H,12,21-22H2,1-6H3. The van der Waals surface area contributed by atoms with E-state index in [9.17, 15) is 0 Å². The van der Waals surface area contributed by atoms with Crippen LogP contribution >= 0.6 is 0 Å². The van der Waals surface area contributed by atoms with Crippen molar-refractivity contribution in [3.63, 3.8) is 0 Å². The molecule has 0 bridgehead atoms. The van der Waals surface area contributed by atoms with Crippen LogP contribution in [0.1, 0.15) is 49.4 Å². The molecule has 0 unspecified atom stereocenters. The number of nitrogens with zero attached hydrogens (tertiary/aromatic N) is 2. The Morgan fingerprint density at radius 3 is 1.78 bits per heavy atom. The fraction of sp³-hybridized carbons (Fsp3) is 0.179. The van der Waals surface area contributed by atoms with Crippen molar-refractivity contribution in [1.29, 1.82) is 0 Å². The van der Waals surface area contributed by atoms with Gasteiger partial charge in [0.1, 0.15) is 22.7 Å².